The van der Waals surface area contributed by atoms with Crippen molar-refractivity contribution >= 4 is 28.7 Å². The molecule has 35 heavy (non-hydrogen) atoms. The zero-order chi connectivity index (χ0) is 25.1. The van der Waals surface area contributed by atoms with Crippen molar-refractivity contribution in [2.75, 3.05) is 13.6 Å². The van der Waals surface area contributed by atoms with E-state index in [0.717, 1.165) is 36.6 Å². The number of hydrogen-bond donors (Lipinski definition) is 2. The zero-order valence-corrected chi connectivity index (χ0v) is 20.3. The maximum atomic E-state index is 14.7. The molecule has 0 saturated heterocycles. The van der Waals surface area contributed by atoms with Crippen molar-refractivity contribution in [2.24, 2.45) is 15.5 Å². The molecular weight excluding hydrogens is 470 g/mol. The summed E-state index contributed by atoms with van der Waals surface area (Å²) in [5.41, 5.74) is 0.359. The smallest absolute Gasteiger partial charge is 0.250 e. The van der Waals surface area contributed by atoms with Crippen LogP contribution in [0.2, 0.25) is 0 Å². The molecule has 0 spiro atoms. The number of hydrazone groups is 1. The molecule has 1 saturated carbocycles. The quantitative estimate of drug-likeness (QED) is 0.258. The van der Waals surface area contributed by atoms with Crippen molar-refractivity contribution in [3.05, 3.63) is 71.3 Å². The van der Waals surface area contributed by atoms with E-state index in [-0.39, 0.29) is 16.5 Å². The van der Waals surface area contributed by atoms with Gasteiger partial charge >= 0.3 is 0 Å². The average Bonchev–Trinajstić information content (AvgIpc) is 3.51. The topological polar surface area (TPSA) is 92.9 Å². The maximum Gasteiger partial charge on any atom is 0.250 e. The highest BCUT2D eigenvalue weighted by Gasteiger charge is 2.56. The molecule has 0 bridgehead atoms. The van der Waals surface area contributed by atoms with Crippen molar-refractivity contribution in [1.29, 1.82) is 5.26 Å². The van der Waals surface area contributed by atoms with Crippen LogP contribution < -0.4 is 10.6 Å². The Hall–Kier alpha value is -3.45. The molecule has 1 atom stereocenters. The predicted molar refractivity (Wildman–Crippen MR) is 132 cm³/mol. The lowest BCUT2D eigenvalue weighted by molar-refractivity contribution is -0.140. The summed E-state index contributed by atoms with van der Waals surface area (Å²) >= 11 is 1.26. The van der Waals surface area contributed by atoms with Crippen LogP contribution in [-0.4, -0.2) is 35.5 Å². The Morgan fingerprint density at radius 2 is 2.00 bits per heavy atom. The van der Waals surface area contributed by atoms with E-state index in [9.17, 15) is 13.6 Å². The number of benzene rings is 2. The molecule has 10 heteroatoms. The lowest BCUT2D eigenvalue weighted by Gasteiger charge is -2.37. The van der Waals surface area contributed by atoms with E-state index in [1.165, 1.54) is 16.8 Å². The fourth-order valence-corrected chi connectivity index (χ4v) is 5.40. The standard InChI is InChI=1S/C25H26F2N6OS/c1-24(12-13-24)22(34)33-25(17-7-4-3-5-8-17,11-6-14-30-23(29-2)31-16-28)35-21(32-33)19-15-18(26)9-10-20(19)27/h3-5,7-10,15H,6,11-14H2,1-2H3,(H2,29,30,31). The van der Waals surface area contributed by atoms with Gasteiger partial charge in [-0.15, -0.1) is 4.99 Å². The normalized spacial score (nSPS) is 20.7. The van der Waals surface area contributed by atoms with Gasteiger partial charge in [-0.1, -0.05) is 49.0 Å². The third-order valence-corrected chi connectivity index (χ3v) is 7.72. The number of halogens is 2. The largest absolute Gasteiger partial charge is 0.359 e. The lowest BCUT2D eigenvalue weighted by Crippen LogP contribution is -2.45. The number of thioether (sulfide) groups is 1. The van der Waals surface area contributed by atoms with Gasteiger partial charge in [0.25, 0.3) is 0 Å². The Labute approximate surface area is 207 Å². The van der Waals surface area contributed by atoms with E-state index >= 15 is 0 Å². The molecule has 2 aliphatic rings. The van der Waals surface area contributed by atoms with Gasteiger partial charge in [-0.3, -0.25) is 4.79 Å². The van der Waals surface area contributed by atoms with Crippen molar-refractivity contribution in [3.63, 3.8) is 0 Å². The summed E-state index contributed by atoms with van der Waals surface area (Å²) in [6, 6.07) is 12.8. The predicted octanol–water partition coefficient (Wildman–Crippen LogP) is 4.28. The monoisotopic (exact) mass is 496 g/mol. The van der Waals surface area contributed by atoms with E-state index in [4.69, 9.17) is 5.26 Å². The number of amides is 1. The number of rotatable bonds is 7. The van der Waals surface area contributed by atoms with Crippen LogP contribution in [0.25, 0.3) is 0 Å². The minimum absolute atomic E-state index is 0.0308. The summed E-state index contributed by atoms with van der Waals surface area (Å²) in [6.07, 6.45) is 4.31. The van der Waals surface area contributed by atoms with E-state index in [0.29, 0.717) is 25.3 Å². The van der Waals surface area contributed by atoms with E-state index in [2.05, 4.69) is 20.7 Å². The maximum absolute atomic E-state index is 14.7. The SMILES string of the molecule is CN/C(=N/C#N)NCCCC1(c2ccccc2)SC(c2cc(F)ccc2F)=NN1C(=O)C1(C)CC1. The molecule has 1 fully saturated rings. The number of guanidine groups is 1. The fourth-order valence-electron chi connectivity index (χ4n) is 3.98. The molecule has 1 unspecified atom stereocenters. The third-order valence-electron chi connectivity index (χ3n) is 6.27. The highest BCUT2D eigenvalue weighted by molar-refractivity contribution is 8.15. The first-order valence-corrected chi connectivity index (χ1v) is 12.2. The second-order valence-electron chi connectivity index (χ2n) is 8.80. The highest BCUT2D eigenvalue weighted by atomic mass is 32.2. The Balaban J connectivity index is 1.71. The molecule has 2 aromatic carbocycles. The Kier molecular flexibility index (Phi) is 7.08. The molecule has 1 heterocycles. The Bertz CT molecular complexity index is 1210. The van der Waals surface area contributed by atoms with E-state index < -0.39 is 21.9 Å². The van der Waals surface area contributed by atoms with Gasteiger partial charge < -0.3 is 10.6 Å². The van der Waals surface area contributed by atoms with Gasteiger partial charge in [-0.2, -0.15) is 10.4 Å². The molecule has 2 aromatic rings. The molecule has 0 aromatic heterocycles. The van der Waals surface area contributed by atoms with Crippen LogP contribution in [0, 0.1) is 28.5 Å². The first-order chi connectivity index (χ1) is 16.8. The molecule has 1 aliphatic heterocycles. The van der Waals surface area contributed by atoms with Gasteiger partial charge in [-0.25, -0.2) is 13.8 Å². The van der Waals surface area contributed by atoms with Crippen LogP contribution in [0.15, 0.2) is 58.6 Å². The number of nitriles is 1. The number of hydrogen-bond acceptors (Lipinski definition) is 5. The first-order valence-electron chi connectivity index (χ1n) is 11.3. The molecule has 0 radical (unpaired) electrons. The van der Waals surface area contributed by atoms with Crippen molar-refractivity contribution in [1.82, 2.24) is 15.6 Å². The first kappa shape index (κ1) is 24.7. The number of aliphatic imine (C=N–C) groups is 1. The van der Waals surface area contributed by atoms with Crippen LogP contribution in [0.5, 0.6) is 0 Å². The minimum Gasteiger partial charge on any atom is -0.359 e. The van der Waals surface area contributed by atoms with E-state index in [1.54, 1.807) is 13.2 Å². The summed E-state index contributed by atoms with van der Waals surface area (Å²) in [6.45, 7) is 2.38. The summed E-state index contributed by atoms with van der Waals surface area (Å²) in [5, 5.41) is 21.1. The Morgan fingerprint density at radius 1 is 1.26 bits per heavy atom. The number of nitrogens with zero attached hydrogens (tertiary/aromatic N) is 4. The van der Waals surface area contributed by atoms with Crippen molar-refractivity contribution in [3.8, 4) is 6.19 Å². The van der Waals surface area contributed by atoms with Crippen LogP contribution in [0.3, 0.4) is 0 Å². The third kappa shape index (κ3) is 5.00. The van der Waals surface area contributed by atoms with Gasteiger partial charge in [0.1, 0.15) is 21.5 Å². The molecule has 182 valence electrons. The van der Waals surface area contributed by atoms with Gasteiger partial charge in [-0.05, 0) is 49.4 Å². The summed E-state index contributed by atoms with van der Waals surface area (Å²) in [7, 11) is 1.66. The van der Waals surface area contributed by atoms with Gasteiger partial charge in [0.15, 0.2) is 0 Å². The fraction of sp³-hybridized carbons (Fsp3) is 0.360. The second-order valence-corrected chi connectivity index (χ2v) is 10.1. The van der Waals surface area contributed by atoms with Crippen molar-refractivity contribution in [2.45, 2.75) is 37.5 Å². The van der Waals surface area contributed by atoms with E-state index in [1.807, 2.05) is 37.3 Å². The lowest BCUT2D eigenvalue weighted by atomic mass is 9.98. The van der Waals surface area contributed by atoms with Crippen LogP contribution >= 0.6 is 11.8 Å². The molecular formula is C25H26F2N6OS. The summed E-state index contributed by atoms with van der Waals surface area (Å²) in [4.78, 5) is 16.4. The molecule has 1 aliphatic carbocycles. The second kappa shape index (κ2) is 10.0. The number of carbonyl (C=O) groups is 1. The molecule has 7 nitrogen and oxygen atoms in total. The van der Waals surface area contributed by atoms with Crippen LogP contribution in [0.1, 0.15) is 43.7 Å². The Morgan fingerprint density at radius 3 is 2.66 bits per heavy atom. The molecule has 4 rings (SSSR count). The molecule has 2 N–H and O–H groups in total. The van der Waals surface area contributed by atoms with Gasteiger partial charge in [0.2, 0.25) is 18.1 Å². The van der Waals surface area contributed by atoms with Gasteiger partial charge in [0.05, 0.1) is 0 Å². The van der Waals surface area contributed by atoms with Crippen molar-refractivity contribution < 1.29 is 13.6 Å². The zero-order valence-electron chi connectivity index (χ0n) is 19.5. The highest BCUT2D eigenvalue weighted by Crippen LogP contribution is 2.55. The average molecular weight is 497 g/mol. The number of carbonyl (C=O) groups excluding carboxylic acids is 1. The molecule has 1 amide bonds. The number of nitrogens with one attached hydrogen (secondary N) is 2. The van der Waals surface area contributed by atoms with Gasteiger partial charge in [0, 0.05) is 24.6 Å². The summed E-state index contributed by atoms with van der Waals surface area (Å²) in [5.74, 6) is -0.956. The summed E-state index contributed by atoms with van der Waals surface area (Å²) < 4.78 is 28.8. The minimum atomic E-state index is -0.939. The van der Waals surface area contributed by atoms with Crippen LogP contribution in [-0.2, 0) is 9.67 Å². The van der Waals surface area contributed by atoms with Crippen LogP contribution in [0.4, 0.5) is 8.78 Å².